The lowest BCUT2D eigenvalue weighted by molar-refractivity contribution is 0.0981. The van der Waals surface area contributed by atoms with Crippen LogP contribution >= 0.6 is 0 Å². The van der Waals surface area contributed by atoms with Crippen LogP contribution < -0.4 is 25.0 Å². The summed E-state index contributed by atoms with van der Waals surface area (Å²) < 4.78 is 10.5. The first-order valence-electron chi connectivity index (χ1n) is 10.8. The zero-order valence-corrected chi connectivity index (χ0v) is 18.9. The molecule has 0 unspecified atom stereocenters. The SMILES string of the molecule is COc1ccc(NC(=O)NCc2ccc3c(c2)N(C(=O)c2ccccc2)[C@H](C)C3)c(OC)c1. The van der Waals surface area contributed by atoms with E-state index in [1.807, 2.05) is 53.4 Å². The maximum atomic E-state index is 13.1. The summed E-state index contributed by atoms with van der Waals surface area (Å²) in [7, 11) is 3.10. The van der Waals surface area contributed by atoms with Crippen molar-refractivity contribution in [3.8, 4) is 11.5 Å². The molecule has 0 saturated carbocycles. The Bertz CT molecular complexity index is 1160. The third-order valence-corrected chi connectivity index (χ3v) is 5.71. The molecule has 0 saturated heterocycles. The molecule has 1 aliphatic heterocycles. The highest BCUT2D eigenvalue weighted by Gasteiger charge is 2.31. The molecule has 4 rings (SSSR count). The van der Waals surface area contributed by atoms with Crippen LogP contribution in [0.5, 0.6) is 11.5 Å². The number of fused-ring (bicyclic) bond motifs is 1. The smallest absolute Gasteiger partial charge is 0.319 e. The number of urea groups is 1. The predicted molar refractivity (Wildman–Crippen MR) is 128 cm³/mol. The van der Waals surface area contributed by atoms with Crippen LogP contribution in [0, 0.1) is 0 Å². The molecule has 1 heterocycles. The van der Waals surface area contributed by atoms with Gasteiger partial charge in [0.15, 0.2) is 0 Å². The van der Waals surface area contributed by atoms with E-state index in [4.69, 9.17) is 9.47 Å². The minimum absolute atomic E-state index is 0.0173. The van der Waals surface area contributed by atoms with Crippen LogP contribution in [-0.2, 0) is 13.0 Å². The lowest BCUT2D eigenvalue weighted by Crippen LogP contribution is -2.35. The number of hydrogen-bond donors (Lipinski definition) is 2. The molecule has 0 spiro atoms. The van der Waals surface area contributed by atoms with Crippen LogP contribution in [0.2, 0.25) is 0 Å². The molecule has 0 bridgehead atoms. The average molecular weight is 446 g/mol. The number of anilines is 2. The fourth-order valence-electron chi connectivity index (χ4n) is 4.04. The van der Waals surface area contributed by atoms with E-state index in [0.29, 0.717) is 29.3 Å². The van der Waals surface area contributed by atoms with Crippen LogP contribution in [0.1, 0.15) is 28.4 Å². The lowest BCUT2D eigenvalue weighted by Gasteiger charge is -2.23. The first-order chi connectivity index (χ1) is 16.0. The fourth-order valence-corrected chi connectivity index (χ4v) is 4.04. The molecule has 7 nitrogen and oxygen atoms in total. The van der Waals surface area contributed by atoms with Crippen LogP contribution in [0.25, 0.3) is 0 Å². The van der Waals surface area contributed by atoms with E-state index in [9.17, 15) is 9.59 Å². The maximum Gasteiger partial charge on any atom is 0.319 e. The van der Waals surface area contributed by atoms with Crippen LogP contribution in [0.3, 0.4) is 0 Å². The van der Waals surface area contributed by atoms with Gasteiger partial charge in [-0.05, 0) is 54.8 Å². The zero-order chi connectivity index (χ0) is 23.4. The Balaban J connectivity index is 1.45. The summed E-state index contributed by atoms with van der Waals surface area (Å²) in [6, 6.07) is 20.2. The largest absolute Gasteiger partial charge is 0.497 e. The molecule has 3 amide bonds. The Hall–Kier alpha value is -4.00. The van der Waals surface area contributed by atoms with E-state index in [-0.39, 0.29) is 18.0 Å². The monoisotopic (exact) mass is 445 g/mol. The number of carbonyl (C=O) groups is 2. The molecule has 1 atom stereocenters. The highest BCUT2D eigenvalue weighted by molar-refractivity contribution is 6.07. The second-order valence-corrected chi connectivity index (χ2v) is 7.93. The van der Waals surface area contributed by atoms with Crippen molar-refractivity contribution in [2.24, 2.45) is 0 Å². The Morgan fingerprint density at radius 2 is 1.79 bits per heavy atom. The van der Waals surface area contributed by atoms with Crippen molar-refractivity contribution in [1.82, 2.24) is 5.32 Å². The average Bonchev–Trinajstić information content (AvgIpc) is 3.17. The Morgan fingerprint density at radius 3 is 2.52 bits per heavy atom. The van der Waals surface area contributed by atoms with Crippen molar-refractivity contribution in [3.63, 3.8) is 0 Å². The van der Waals surface area contributed by atoms with Gasteiger partial charge >= 0.3 is 6.03 Å². The van der Waals surface area contributed by atoms with Crippen molar-refractivity contribution in [2.45, 2.75) is 25.9 Å². The minimum atomic E-state index is -0.357. The van der Waals surface area contributed by atoms with E-state index in [1.54, 1.807) is 25.3 Å². The normalized spacial score (nSPS) is 14.4. The van der Waals surface area contributed by atoms with Gasteiger partial charge in [0.25, 0.3) is 5.91 Å². The number of carbonyl (C=O) groups excluding carboxylic acids is 2. The molecule has 170 valence electrons. The number of hydrogen-bond acceptors (Lipinski definition) is 4. The minimum Gasteiger partial charge on any atom is -0.497 e. The van der Waals surface area contributed by atoms with E-state index < -0.39 is 0 Å². The third kappa shape index (κ3) is 4.77. The Labute approximate surface area is 193 Å². The quantitative estimate of drug-likeness (QED) is 0.580. The van der Waals surface area contributed by atoms with Crippen molar-refractivity contribution in [3.05, 3.63) is 83.4 Å². The lowest BCUT2D eigenvalue weighted by atomic mass is 10.1. The van der Waals surface area contributed by atoms with Gasteiger partial charge < -0.3 is 25.0 Å². The summed E-state index contributed by atoms with van der Waals surface area (Å²) in [6.07, 6.45) is 0.805. The molecule has 3 aromatic carbocycles. The molecule has 0 aromatic heterocycles. The molecular weight excluding hydrogens is 418 g/mol. The van der Waals surface area contributed by atoms with Gasteiger partial charge in [0.2, 0.25) is 0 Å². The number of rotatable bonds is 6. The van der Waals surface area contributed by atoms with E-state index in [2.05, 4.69) is 17.6 Å². The molecule has 33 heavy (non-hydrogen) atoms. The second-order valence-electron chi connectivity index (χ2n) is 7.93. The van der Waals surface area contributed by atoms with Gasteiger partial charge in [0.05, 0.1) is 19.9 Å². The third-order valence-electron chi connectivity index (χ3n) is 5.71. The number of amides is 3. The second kappa shape index (κ2) is 9.65. The summed E-state index contributed by atoms with van der Waals surface area (Å²) in [5.41, 5.74) is 4.13. The van der Waals surface area contributed by atoms with Crippen molar-refractivity contribution < 1.29 is 19.1 Å². The van der Waals surface area contributed by atoms with E-state index in [0.717, 1.165) is 23.2 Å². The van der Waals surface area contributed by atoms with Crippen molar-refractivity contribution in [1.29, 1.82) is 0 Å². The first kappa shape index (κ1) is 22.2. The molecule has 3 aromatic rings. The van der Waals surface area contributed by atoms with Gasteiger partial charge in [-0.15, -0.1) is 0 Å². The maximum absolute atomic E-state index is 13.1. The molecule has 0 fully saturated rings. The molecular formula is C26H27N3O4. The summed E-state index contributed by atoms with van der Waals surface area (Å²) in [4.78, 5) is 27.5. The number of benzene rings is 3. The van der Waals surface area contributed by atoms with Crippen LogP contribution in [0.15, 0.2) is 66.7 Å². The zero-order valence-electron chi connectivity index (χ0n) is 18.9. The van der Waals surface area contributed by atoms with Gasteiger partial charge in [0.1, 0.15) is 11.5 Å². The summed E-state index contributed by atoms with van der Waals surface area (Å²) in [6.45, 7) is 2.37. The fraction of sp³-hybridized carbons (Fsp3) is 0.231. The van der Waals surface area contributed by atoms with Crippen LogP contribution in [-0.4, -0.2) is 32.2 Å². The van der Waals surface area contributed by atoms with Crippen LogP contribution in [0.4, 0.5) is 16.2 Å². The summed E-state index contributed by atoms with van der Waals surface area (Å²) >= 11 is 0. The number of ether oxygens (including phenoxy) is 2. The standard InChI is InChI=1S/C26H27N3O4/c1-17-13-20-10-9-18(14-23(20)29(17)25(30)19-7-5-4-6-8-19)16-27-26(31)28-22-12-11-21(32-2)15-24(22)33-3/h4-12,14-15,17H,13,16H2,1-3H3,(H2,27,28,31)/t17-/m1/s1. The number of methoxy groups -OCH3 is 2. The van der Waals surface area contributed by atoms with Gasteiger partial charge in [-0.25, -0.2) is 4.79 Å². The van der Waals surface area contributed by atoms with Gasteiger partial charge in [-0.3, -0.25) is 4.79 Å². The van der Waals surface area contributed by atoms with E-state index in [1.165, 1.54) is 7.11 Å². The highest BCUT2D eigenvalue weighted by atomic mass is 16.5. The number of nitrogens with zero attached hydrogens (tertiary/aromatic N) is 1. The van der Waals surface area contributed by atoms with E-state index >= 15 is 0 Å². The topological polar surface area (TPSA) is 79.9 Å². The van der Waals surface area contributed by atoms with Gasteiger partial charge in [0, 0.05) is 29.9 Å². The summed E-state index contributed by atoms with van der Waals surface area (Å²) in [5, 5.41) is 5.66. The molecule has 0 aliphatic carbocycles. The number of nitrogens with one attached hydrogen (secondary N) is 2. The Kier molecular flexibility index (Phi) is 6.49. The van der Waals surface area contributed by atoms with Gasteiger partial charge in [-0.1, -0.05) is 30.3 Å². The first-order valence-corrected chi connectivity index (χ1v) is 10.8. The van der Waals surface area contributed by atoms with Crippen molar-refractivity contribution in [2.75, 3.05) is 24.4 Å². The summed E-state index contributed by atoms with van der Waals surface area (Å²) in [5.74, 6) is 1.13. The highest BCUT2D eigenvalue weighted by Crippen LogP contribution is 2.34. The molecule has 0 radical (unpaired) electrons. The van der Waals surface area contributed by atoms with Crippen molar-refractivity contribution >= 4 is 23.3 Å². The molecule has 1 aliphatic rings. The predicted octanol–water partition coefficient (Wildman–Crippen LogP) is 4.62. The molecule has 2 N–H and O–H groups in total. The molecule has 7 heteroatoms. The van der Waals surface area contributed by atoms with Gasteiger partial charge in [-0.2, -0.15) is 0 Å². The Morgan fingerprint density at radius 1 is 1.00 bits per heavy atom.